The van der Waals surface area contributed by atoms with E-state index in [0.717, 1.165) is 28.2 Å². The number of aromatic nitrogens is 1. The molecular weight excluding hydrogens is 256 g/mol. The van der Waals surface area contributed by atoms with E-state index in [0.29, 0.717) is 0 Å². The van der Waals surface area contributed by atoms with Crippen molar-refractivity contribution < 1.29 is 0 Å². The summed E-state index contributed by atoms with van der Waals surface area (Å²) in [6.45, 7) is 2.07. The van der Waals surface area contributed by atoms with Gasteiger partial charge in [-0.1, -0.05) is 54.6 Å². The van der Waals surface area contributed by atoms with Gasteiger partial charge in [-0.2, -0.15) is 0 Å². The molecule has 0 saturated carbocycles. The summed E-state index contributed by atoms with van der Waals surface area (Å²) >= 11 is 0. The van der Waals surface area contributed by atoms with Crippen LogP contribution in [0.15, 0.2) is 84.0 Å². The van der Waals surface area contributed by atoms with Crippen molar-refractivity contribution >= 4 is 11.4 Å². The first-order chi connectivity index (χ1) is 10.3. The standard InChI is InChI=1S/C19H16N2/c1-15-9-5-6-12-17(15)21-19(16-10-3-2-4-11-16)18-13-7-8-14-20-18/h2-14H,1H3. The van der Waals surface area contributed by atoms with Gasteiger partial charge in [0.05, 0.1) is 17.1 Å². The van der Waals surface area contributed by atoms with E-state index < -0.39 is 0 Å². The van der Waals surface area contributed by atoms with Crippen molar-refractivity contribution in [2.45, 2.75) is 6.92 Å². The summed E-state index contributed by atoms with van der Waals surface area (Å²) in [6, 6.07) is 24.2. The lowest BCUT2D eigenvalue weighted by Gasteiger charge is -2.08. The summed E-state index contributed by atoms with van der Waals surface area (Å²) in [7, 11) is 0. The molecule has 0 fully saturated rings. The lowest BCUT2D eigenvalue weighted by atomic mass is 10.1. The maximum absolute atomic E-state index is 4.85. The largest absolute Gasteiger partial charge is 0.255 e. The number of para-hydroxylation sites is 1. The van der Waals surface area contributed by atoms with Gasteiger partial charge in [-0.05, 0) is 30.7 Å². The number of hydrogen-bond donors (Lipinski definition) is 0. The lowest BCUT2D eigenvalue weighted by molar-refractivity contribution is 1.28. The van der Waals surface area contributed by atoms with Gasteiger partial charge in [0.25, 0.3) is 0 Å². The highest BCUT2D eigenvalue weighted by Gasteiger charge is 2.08. The van der Waals surface area contributed by atoms with Crippen LogP contribution in [0, 0.1) is 6.92 Å². The molecule has 1 aromatic heterocycles. The van der Waals surface area contributed by atoms with E-state index in [4.69, 9.17) is 4.99 Å². The second-order valence-electron chi connectivity index (χ2n) is 4.83. The molecule has 0 spiro atoms. The van der Waals surface area contributed by atoms with Crippen molar-refractivity contribution in [1.82, 2.24) is 4.98 Å². The van der Waals surface area contributed by atoms with Crippen LogP contribution >= 0.6 is 0 Å². The van der Waals surface area contributed by atoms with Crippen LogP contribution in [0.1, 0.15) is 16.8 Å². The Morgan fingerprint density at radius 3 is 2.24 bits per heavy atom. The van der Waals surface area contributed by atoms with Gasteiger partial charge in [-0.15, -0.1) is 0 Å². The van der Waals surface area contributed by atoms with Gasteiger partial charge in [0.2, 0.25) is 0 Å². The first kappa shape index (κ1) is 13.3. The summed E-state index contributed by atoms with van der Waals surface area (Å²) in [5.41, 5.74) is 4.97. The summed E-state index contributed by atoms with van der Waals surface area (Å²) in [5, 5.41) is 0. The zero-order valence-corrected chi connectivity index (χ0v) is 11.9. The van der Waals surface area contributed by atoms with Gasteiger partial charge < -0.3 is 0 Å². The van der Waals surface area contributed by atoms with Gasteiger partial charge in [0.15, 0.2) is 0 Å². The molecule has 3 aromatic rings. The van der Waals surface area contributed by atoms with Crippen molar-refractivity contribution in [2.24, 2.45) is 4.99 Å². The van der Waals surface area contributed by atoms with E-state index in [-0.39, 0.29) is 0 Å². The summed E-state index contributed by atoms with van der Waals surface area (Å²) in [6.07, 6.45) is 1.80. The molecule has 0 aliphatic carbocycles. The van der Waals surface area contributed by atoms with Crippen LogP contribution in [0.5, 0.6) is 0 Å². The van der Waals surface area contributed by atoms with Crippen LogP contribution in [-0.4, -0.2) is 10.7 Å². The molecule has 102 valence electrons. The van der Waals surface area contributed by atoms with Crippen molar-refractivity contribution in [3.05, 3.63) is 95.8 Å². The fourth-order valence-electron chi connectivity index (χ4n) is 2.18. The quantitative estimate of drug-likeness (QED) is 0.642. The Bertz CT molecular complexity index is 705. The van der Waals surface area contributed by atoms with Crippen LogP contribution < -0.4 is 0 Å². The van der Waals surface area contributed by atoms with E-state index in [1.54, 1.807) is 6.20 Å². The molecule has 0 atom stereocenters. The molecule has 21 heavy (non-hydrogen) atoms. The average Bonchev–Trinajstić information content (AvgIpc) is 2.56. The van der Waals surface area contributed by atoms with Crippen molar-refractivity contribution in [3.8, 4) is 0 Å². The third-order valence-corrected chi connectivity index (χ3v) is 3.30. The van der Waals surface area contributed by atoms with E-state index in [1.807, 2.05) is 54.6 Å². The normalized spacial score (nSPS) is 11.4. The molecule has 0 aliphatic heterocycles. The SMILES string of the molecule is Cc1ccccc1N=C(c1ccccc1)c1ccccn1. The van der Waals surface area contributed by atoms with Gasteiger partial charge >= 0.3 is 0 Å². The average molecular weight is 272 g/mol. The minimum Gasteiger partial charge on any atom is -0.255 e. The molecule has 0 unspecified atom stereocenters. The van der Waals surface area contributed by atoms with Crippen LogP contribution in [-0.2, 0) is 0 Å². The molecule has 0 N–H and O–H groups in total. The molecule has 0 amide bonds. The Morgan fingerprint density at radius 2 is 1.52 bits per heavy atom. The third kappa shape index (κ3) is 3.06. The molecular formula is C19H16N2. The zero-order valence-electron chi connectivity index (χ0n) is 11.9. The van der Waals surface area contributed by atoms with Crippen molar-refractivity contribution in [3.63, 3.8) is 0 Å². The number of rotatable bonds is 3. The molecule has 0 saturated heterocycles. The van der Waals surface area contributed by atoms with Crippen LogP contribution in [0.2, 0.25) is 0 Å². The van der Waals surface area contributed by atoms with Gasteiger partial charge in [0.1, 0.15) is 0 Å². The molecule has 1 heterocycles. The number of hydrogen-bond acceptors (Lipinski definition) is 2. The van der Waals surface area contributed by atoms with E-state index in [1.165, 1.54) is 0 Å². The monoisotopic (exact) mass is 272 g/mol. The van der Waals surface area contributed by atoms with Crippen LogP contribution in [0.4, 0.5) is 5.69 Å². The minimum absolute atomic E-state index is 0.881. The predicted octanol–water partition coefficient (Wildman–Crippen LogP) is 4.56. The number of pyridine rings is 1. The minimum atomic E-state index is 0.881. The van der Waals surface area contributed by atoms with E-state index in [2.05, 4.69) is 30.1 Å². The van der Waals surface area contributed by atoms with Crippen LogP contribution in [0.25, 0.3) is 0 Å². The molecule has 3 rings (SSSR count). The second kappa shape index (κ2) is 6.14. The molecule has 2 aromatic carbocycles. The highest BCUT2D eigenvalue weighted by atomic mass is 14.8. The molecule has 2 heteroatoms. The zero-order chi connectivity index (χ0) is 14.5. The first-order valence-electron chi connectivity index (χ1n) is 6.96. The molecule has 0 aliphatic rings. The third-order valence-electron chi connectivity index (χ3n) is 3.30. The highest BCUT2D eigenvalue weighted by Crippen LogP contribution is 2.20. The Kier molecular flexibility index (Phi) is 3.88. The smallest absolute Gasteiger partial charge is 0.0965 e. The fourth-order valence-corrected chi connectivity index (χ4v) is 2.18. The van der Waals surface area contributed by atoms with Crippen molar-refractivity contribution in [1.29, 1.82) is 0 Å². The number of aliphatic imine (C=N–C) groups is 1. The Hall–Kier alpha value is -2.74. The van der Waals surface area contributed by atoms with Gasteiger partial charge in [0, 0.05) is 11.8 Å². The fraction of sp³-hybridized carbons (Fsp3) is 0.0526. The Labute approximate surface area is 124 Å². The molecule has 0 bridgehead atoms. The number of aryl methyl sites for hydroxylation is 1. The predicted molar refractivity (Wildman–Crippen MR) is 87.2 cm³/mol. The maximum atomic E-state index is 4.85. The van der Waals surface area contributed by atoms with Crippen molar-refractivity contribution in [2.75, 3.05) is 0 Å². The van der Waals surface area contributed by atoms with Gasteiger partial charge in [-0.3, -0.25) is 4.98 Å². The summed E-state index contributed by atoms with van der Waals surface area (Å²) < 4.78 is 0. The summed E-state index contributed by atoms with van der Waals surface area (Å²) in [5.74, 6) is 0. The van der Waals surface area contributed by atoms with Crippen LogP contribution in [0.3, 0.4) is 0 Å². The number of benzene rings is 2. The Morgan fingerprint density at radius 1 is 0.810 bits per heavy atom. The number of nitrogens with zero attached hydrogens (tertiary/aromatic N) is 2. The molecule has 0 radical (unpaired) electrons. The van der Waals surface area contributed by atoms with E-state index in [9.17, 15) is 0 Å². The topological polar surface area (TPSA) is 25.2 Å². The highest BCUT2D eigenvalue weighted by molar-refractivity contribution is 6.12. The van der Waals surface area contributed by atoms with E-state index >= 15 is 0 Å². The second-order valence-corrected chi connectivity index (χ2v) is 4.83. The lowest BCUT2D eigenvalue weighted by Crippen LogP contribution is -2.05. The Balaban J connectivity index is 2.16. The molecule has 2 nitrogen and oxygen atoms in total. The van der Waals surface area contributed by atoms with Gasteiger partial charge in [-0.25, -0.2) is 4.99 Å². The summed E-state index contributed by atoms with van der Waals surface area (Å²) in [4.78, 5) is 9.30. The first-order valence-corrected chi connectivity index (χ1v) is 6.96. The maximum Gasteiger partial charge on any atom is 0.0965 e.